The van der Waals surface area contributed by atoms with E-state index in [1.54, 1.807) is 19.4 Å². The van der Waals surface area contributed by atoms with Crippen molar-refractivity contribution in [3.63, 3.8) is 0 Å². The van der Waals surface area contributed by atoms with Crippen LogP contribution in [0.1, 0.15) is 41.5 Å². The first-order chi connectivity index (χ1) is 12.0. The predicted molar refractivity (Wildman–Crippen MR) is 96.8 cm³/mol. The van der Waals surface area contributed by atoms with Crippen LogP contribution in [0.5, 0.6) is 5.75 Å². The van der Waals surface area contributed by atoms with Crippen LogP contribution >= 0.6 is 0 Å². The van der Waals surface area contributed by atoms with E-state index in [1.165, 1.54) is 0 Å². The van der Waals surface area contributed by atoms with Gasteiger partial charge in [-0.05, 0) is 44.5 Å². The lowest BCUT2D eigenvalue weighted by Gasteiger charge is -2.10. The highest BCUT2D eigenvalue weighted by Gasteiger charge is 2.16. The Kier molecular flexibility index (Phi) is 4.70. The van der Waals surface area contributed by atoms with E-state index in [0.29, 0.717) is 12.1 Å². The van der Waals surface area contributed by atoms with Gasteiger partial charge in [-0.2, -0.15) is 5.10 Å². The number of carbonyl (C=O) groups is 1. The molecule has 2 aromatic heterocycles. The molecule has 3 aromatic rings. The molecule has 1 aromatic carbocycles. The molecular formula is C19H22N4O2. The molecule has 0 saturated carbocycles. The number of nitrogens with zero attached hydrogens (tertiary/aromatic N) is 3. The molecule has 130 valence electrons. The highest BCUT2D eigenvalue weighted by atomic mass is 16.5. The number of fused-ring (bicyclic) bond motifs is 1. The Morgan fingerprint density at radius 2 is 2.12 bits per heavy atom. The van der Waals surface area contributed by atoms with Gasteiger partial charge in [-0.25, -0.2) is 9.67 Å². The molecule has 0 aliphatic carbocycles. The Balaban J connectivity index is 1.86. The Hall–Kier alpha value is -2.89. The number of ether oxygens (including phenoxy) is 1. The van der Waals surface area contributed by atoms with Crippen molar-refractivity contribution >= 4 is 16.9 Å². The molecule has 0 fully saturated rings. The number of methoxy groups -OCH3 is 1. The normalized spacial score (nSPS) is 11.1. The van der Waals surface area contributed by atoms with Crippen LogP contribution in [-0.4, -0.2) is 27.8 Å². The highest BCUT2D eigenvalue weighted by Crippen LogP contribution is 2.21. The summed E-state index contributed by atoms with van der Waals surface area (Å²) >= 11 is 0. The number of hydrogen-bond acceptors (Lipinski definition) is 4. The number of benzene rings is 1. The SMILES string of the molecule is COc1cccc(CNC(=O)c2cc(C)nc3c2cnn3C(C)C)c1. The lowest BCUT2D eigenvalue weighted by atomic mass is 10.1. The van der Waals surface area contributed by atoms with Gasteiger partial charge in [-0.3, -0.25) is 4.79 Å². The molecule has 0 unspecified atom stereocenters. The fraction of sp³-hybridized carbons (Fsp3) is 0.316. The fourth-order valence-corrected chi connectivity index (χ4v) is 2.77. The van der Waals surface area contributed by atoms with Crippen LogP contribution in [0.3, 0.4) is 0 Å². The summed E-state index contributed by atoms with van der Waals surface area (Å²) in [5.41, 5.74) is 3.10. The molecule has 0 bridgehead atoms. The predicted octanol–water partition coefficient (Wildman–Crippen LogP) is 3.26. The maximum absolute atomic E-state index is 12.7. The van der Waals surface area contributed by atoms with E-state index in [0.717, 1.165) is 28.0 Å². The second kappa shape index (κ2) is 6.93. The van der Waals surface area contributed by atoms with Crippen LogP contribution in [0, 0.1) is 6.92 Å². The van der Waals surface area contributed by atoms with Crippen LogP contribution in [0.15, 0.2) is 36.5 Å². The van der Waals surface area contributed by atoms with Gasteiger partial charge in [0.2, 0.25) is 0 Å². The standard InChI is InChI=1S/C19H22N4O2/c1-12(2)23-18-17(11-21-23)16(8-13(3)22-18)19(24)20-10-14-6-5-7-15(9-14)25-4/h5-9,11-12H,10H2,1-4H3,(H,20,24). The van der Waals surface area contributed by atoms with Crippen LogP contribution < -0.4 is 10.1 Å². The highest BCUT2D eigenvalue weighted by molar-refractivity contribution is 6.05. The minimum atomic E-state index is -0.137. The zero-order chi connectivity index (χ0) is 18.0. The topological polar surface area (TPSA) is 69.0 Å². The van der Waals surface area contributed by atoms with Gasteiger partial charge in [0.15, 0.2) is 5.65 Å². The fourth-order valence-electron chi connectivity index (χ4n) is 2.77. The molecule has 0 spiro atoms. The zero-order valence-corrected chi connectivity index (χ0v) is 14.9. The minimum Gasteiger partial charge on any atom is -0.497 e. The molecule has 0 saturated heterocycles. The summed E-state index contributed by atoms with van der Waals surface area (Å²) in [4.78, 5) is 17.3. The van der Waals surface area contributed by atoms with E-state index in [4.69, 9.17) is 4.74 Å². The molecule has 6 nitrogen and oxygen atoms in total. The third-order valence-corrected chi connectivity index (χ3v) is 4.02. The smallest absolute Gasteiger partial charge is 0.252 e. The van der Waals surface area contributed by atoms with Crippen molar-refractivity contribution in [1.82, 2.24) is 20.1 Å². The van der Waals surface area contributed by atoms with Gasteiger partial charge < -0.3 is 10.1 Å². The van der Waals surface area contributed by atoms with Crippen molar-refractivity contribution in [2.45, 2.75) is 33.4 Å². The van der Waals surface area contributed by atoms with Crippen molar-refractivity contribution < 1.29 is 9.53 Å². The summed E-state index contributed by atoms with van der Waals surface area (Å²) in [6, 6.07) is 9.62. The second-order valence-corrected chi connectivity index (χ2v) is 6.27. The van der Waals surface area contributed by atoms with Gasteiger partial charge in [-0.15, -0.1) is 0 Å². The molecule has 3 rings (SSSR count). The summed E-state index contributed by atoms with van der Waals surface area (Å²) in [5, 5.41) is 8.11. The molecular weight excluding hydrogens is 316 g/mol. The van der Waals surface area contributed by atoms with E-state index in [1.807, 2.05) is 49.7 Å². The van der Waals surface area contributed by atoms with E-state index in [9.17, 15) is 4.79 Å². The molecule has 0 atom stereocenters. The number of hydrogen-bond donors (Lipinski definition) is 1. The largest absolute Gasteiger partial charge is 0.497 e. The Morgan fingerprint density at radius 1 is 1.32 bits per heavy atom. The average Bonchev–Trinajstić information content (AvgIpc) is 3.03. The van der Waals surface area contributed by atoms with Crippen molar-refractivity contribution in [1.29, 1.82) is 0 Å². The second-order valence-electron chi connectivity index (χ2n) is 6.27. The molecule has 0 aliphatic heterocycles. The molecule has 25 heavy (non-hydrogen) atoms. The number of aromatic nitrogens is 3. The maximum atomic E-state index is 12.7. The van der Waals surface area contributed by atoms with Crippen LogP contribution in [-0.2, 0) is 6.54 Å². The van der Waals surface area contributed by atoms with Crippen molar-refractivity contribution in [2.75, 3.05) is 7.11 Å². The first-order valence-electron chi connectivity index (χ1n) is 8.25. The third-order valence-electron chi connectivity index (χ3n) is 4.02. The summed E-state index contributed by atoms with van der Waals surface area (Å²) in [5.74, 6) is 0.633. The van der Waals surface area contributed by atoms with Crippen molar-refractivity contribution in [3.8, 4) is 5.75 Å². The third kappa shape index (κ3) is 3.47. The van der Waals surface area contributed by atoms with Gasteiger partial charge in [0.1, 0.15) is 5.75 Å². The quantitative estimate of drug-likeness (QED) is 0.775. The van der Waals surface area contributed by atoms with E-state index in [2.05, 4.69) is 15.4 Å². The number of amides is 1. The first kappa shape index (κ1) is 17.0. The average molecular weight is 338 g/mol. The summed E-state index contributed by atoms with van der Waals surface area (Å²) in [6.07, 6.45) is 1.71. The number of pyridine rings is 1. The van der Waals surface area contributed by atoms with Crippen molar-refractivity contribution in [2.24, 2.45) is 0 Å². The number of aryl methyl sites for hydroxylation is 1. The zero-order valence-electron chi connectivity index (χ0n) is 14.9. The Bertz CT molecular complexity index is 915. The van der Waals surface area contributed by atoms with E-state index < -0.39 is 0 Å². The summed E-state index contributed by atoms with van der Waals surface area (Å²) in [6.45, 7) is 6.39. The minimum absolute atomic E-state index is 0.137. The van der Waals surface area contributed by atoms with Gasteiger partial charge >= 0.3 is 0 Å². The first-order valence-corrected chi connectivity index (χ1v) is 8.25. The van der Waals surface area contributed by atoms with E-state index >= 15 is 0 Å². The van der Waals surface area contributed by atoms with Crippen LogP contribution in [0.2, 0.25) is 0 Å². The number of nitrogens with one attached hydrogen (secondary N) is 1. The molecule has 6 heteroatoms. The maximum Gasteiger partial charge on any atom is 0.252 e. The van der Waals surface area contributed by atoms with Gasteiger partial charge in [0.25, 0.3) is 5.91 Å². The van der Waals surface area contributed by atoms with E-state index in [-0.39, 0.29) is 11.9 Å². The van der Waals surface area contributed by atoms with Gasteiger partial charge in [0.05, 0.1) is 24.3 Å². The number of rotatable bonds is 5. The summed E-state index contributed by atoms with van der Waals surface area (Å²) < 4.78 is 7.05. The Morgan fingerprint density at radius 3 is 2.84 bits per heavy atom. The lowest BCUT2D eigenvalue weighted by Crippen LogP contribution is -2.23. The van der Waals surface area contributed by atoms with Crippen molar-refractivity contribution in [3.05, 3.63) is 53.3 Å². The lowest BCUT2D eigenvalue weighted by molar-refractivity contribution is 0.0952. The molecule has 1 amide bonds. The monoisotopic (exact) mass is 338 g/mol. The van der Waals surface area contributed by atoms with Gasteiger partial charge in [0, 0.05) is 18.3 Å². The van der Waals surface area contributed by atoms with Crippen LogP contribution in [0.4, 0.5) is 0 Å². The Labute approximate surface area is 146 Å². The molecule has 0 radical (unpaired) electrons. The molecule has 2 heterocycles. The molecule has 0 aliphatic rings. The molecule has 1 N–H and O–H groups in total. The summed E-state index contributed by atoms with van der Waals surface area (Å²) in [7, 11) is 1.63. The van der Waals surface area contributed by atoms with Crippen LogP contribution in [0.25, 0.3) is 11.0 Å². The van der Waals surface area contributed by atoms with Gasteiger partial charge in [-0.1, -0.05) is 12.1 Å². The number of carbonyl (C=O) groups excluding carboxylic acids is 1.